The molecule has 1 aromatic heterocycles. The summed E-state index contributed by atoms with van der Waals surface area (Å²) in [4.78, 5) is 9.35. The summed E-state index contributed by atoms with van der Waals surface area (Å²) in [6, 6.07) is 27.3. The van der Waals surface area contributed by atoms with Crippen molar-refractivity contribution in [1.29, 1.82) is 0 Å². The Kier molecular flexibility index (Phi) is 7.32. The number of hydrogen-bond donors (Lipinski definition) is 1. The molecule has 5 rings (SSSR count). The van der Waals surface area contributed by atoms with E-state index >= 15 is 0 Å². The van der Waals surface area contributed by atoms with Gasteiger partial charge < -0.3 is 5.11 Å². The van der Waals surface area contributed by atoms with Gasteiger partial charge in [0.05, 0.1) is 26.2 Å². The number of phenols is 1. The van der Waals surface area contributed by atoms with Crippen LogP contribution in [0.25, 0.3) is 10.2 Å². The third-order valence-corrected chi connectivity index (χ3v) is 8.44. The second-order valence-electron chi connectivity index (χ2n) is 7.68. The van der Waals surface area contributed by atoms with Crippen molar-refractivity contribution in [3.8, 4) is 5.75 Å². The smallest absolute Gasteiger partial charge is 0.152 e. The fraction of sp³-hybridized carbons (Fsp3) is 0.0370. The predicted octanol–water partition coefficient (Wildman–Crippen LogP) is 9.59. The molecule has 1 N–H and O–H groups in total. The minimum absolute atomic E-state index is 0.0495. The van der Waals surface area contributed by atoms with Crippen LogP contribution in [-0.4, -0.2) is 16.3 Å². The first-order valence-electron chi connectivity index (χ1n) is 10.6. The average Bonchev–Trinajstić information content (AvgIpc) is 3.27. The molecule has 0 fully saturated rings. The maximum atomic E-state index is 10.2. The molecule has 0 unspecified atom stereocenters. The summed E-state index contributed by atoms with van der Waals surface area (Å²) in [6.45, 7) is 0. The monoisotopic (exact) mass is 554 g/mol. The minimum atomic E-state index is -0.0495. The first kappa shape index (κ1) is 24.2. The molecule has 0 amide bonds. The summed E-state index contributed by atoms with van der Waals surface area (Å²) >= 11 is 21.5. The normalized spacial score (nSPS) is 12.4. The number of phenolic OH excluding ortho intramolecular Hbond substituents is 1. The lowest BCUT2D eigenvalue weighted by Crippen LogP contribution is -1.96. The number of fused-ring (bicyclic) bond motifs is 1. The standard InChI is InChI=1S/C27H17Cl3N2OS2/c28-19-8-6-17(7-9-19)26(16-4-2-1-3-5-16)35-27-32-23-11-10-21(14-24(23)34-27)31-15-18-12-20(29)13-22(30)25(18)33/h1-15,26,33H/t26-/m0/s1. The third kappa shape index (κ3) is 5.66. The van der Waals surface area contributed by atoms with Gasteiger partial charge >= 0.3 is 0 Å². The number of aromatic hydroxyl groups is 1. The zero-order valence-corrected chi connectivity index (χ0v) is 21.9. The van der Waals surface area contributed by atoms with Crippen molar-refractivity contribution in [2.24, 2.45) is 4.99 Å². The first-order valence-corrected chi connectivity index (χ1v) is 13.4. The molecule has 174 valence electrons. The van der Waals surface area contributed by atoms with Gasteiger partial charge in [0.2, 0.25) is 0 Å². The number of hydrogen-bond acceptors (Lipinski definition) is 5. The largest absolute Gasteiger partial charge is 0.506 e. The Bertz CT molecular complexity index is 1520. The Morgan fingerprint density at radius 1 is 0.857 bits per heavy atom. The first-order chi connectivity index (χ1) is 17.0. The highest BCUT2D eigenvalue weighted by molar-refractivity contribution is 8.01. The summed E-state index contributed by atoms with van der Waals surface area (Å²) in [6.07, 6.45) is 1.55. The van der Waals surface area contributed by atoms with Crippen molar-refractivity contribution < 1.29 is 5.11 Å². The molecule has 3 nitrogen and oxygen atoms in total. The molecule has 0 aliphatic heterocycles. The SMILES string of the molecule is Oc1c(Cl)cc(Cl)cc1C=Nc1ccc2nc(S[C@@H](c3ccccc3)c3ccc(Cl)cc3)sc2c1. The lowest BCUT2D eigenvalue weighted by atomic mass is 10.0. The highest BCUT2D eigenvalue weighted by atomic mass is 35.5. The van der Waals surface area contributed by atoms with Gasteiger partial charge in [0.15, 0.2) is 4.34 Å². The van der Waals surface area contributed by atoms with Gasteiger partial charge in [-0.2, -0.15) is 0 Å². The van der Waals surface area contributed by atoms with E-state index in [1.165, 1.54) is 11.6 Å². The van der Waals surface area contributed by atoms with Crippen molar-refractivity contribution in [3.05, 3.63) is 117 Å². The lowest BCUT2D eigenvalue weighted by Gasteiger charge is -2.16. The van der Waals surface area contributed by atoms with Crippen molar-refractivity contribution in [2.45, 2.75) is 9.59 Å². The molecule has 0 saturated carbocycles. The van der Waals surface area contributed by atoms with Crippen LogP contribution in [0, 0.1) is 0 Å². The van der Waals surface area contributed by atoms with Crippen LogP contribution >= 0.6 is 57.9 Å². The summed E-state index contributed by atoms with van der Waals surface area (Å²) < 4.78 is 1.99. The number of thiazole rings is 1. The van der Waals surface area contributed by atoms with Crippen LogP contribution in [0.1, 0.15) is 21.9 Å². The van der Waals surface area contributed by atoms with Crippen molar-refractivity contribution in [3.63, 3.8) is 0 Å². The van der Waals surface area contributed by atoms with E-state index in [-0.39, 0.29) is 16.0 Å². The van der Waals surface area contributed by atoms with E-state index < -0.39 is 0 Å². The maximum Gasteiger partial charge on any atom is 0.152 e. The second kappa shape index (κ2) is 10.6. The van der Waals surface area contributed by atoms with Crippen molar-refractivity contribution in [2.75, 3.05) is 0 Å². The summed E-state index contributed by atoms with van der Waals surface area (Å²) in [7, 11) is 0. The number of rotatable bonds is 6. The number of thioether (sulfide) groups is 1. The summed E-state index contributed by atoms with van der Waals surface area (Å²) in [5.74, 6) is -0.0495. The van der Waals surface area contributed by atoms with Crippen molar-refractivity contribution in [1.82, 2.24) is 4.98 Å². The molecule has 0 spiro atoms. The number of nitrogens with zero attached hydrogens (tertiary/aromatic N) is 2. The zero-order chi connectivity index (χ0) is 24.4. The van der Waals surface area contributed by atoms with E-state index in [0.29, 0.717) is 15.6 Å². The van der Waals surface area contributed by atoms with Gasteiger partial charge in [0.1, 0.15) is 5.75 Å². The molecular formula is C27H17Cl3N2OS2. The van der Waals surface area contributed by atoms with E-state index in [4.69, 9.17) is 39.8 Å². The van der Waals surface area contributed by atoms with E-state index in [1.54, 1.807) is 35.4 Å². The Hall–Kier alpha value is -2.54. The fourth-order valence-corrected chi connectivity index (χ4v) is 6.60. The minimum Gasteiger partial charge on any atom is -0.506 e. The molecule has 5 aromatic rings. The molecule has 0 saturated heterocycles. The Morgan fingerprint density at radius 3 is 2.37 bits per heavy atom. The van der Waals surface area contributed by atoms with Gasteiger partial charge in [0, 0.05) is 21.8 Å². The van der Waals surface area contributed by atoms with Crippen LogP contribution in [-0.2, 0) is 0 Å². The fourth-order valence-electron chi connectivity index (χ4n) is 3.55. The summed E-state index contributed by atoms with van der Waals surface area (Å²) in [5, 5.41) is 11.6. The van der Waals surface area contributed by atoms with Crippen molar-refractivity contribution >= 4 is 80.0 Å². The molecule has 0 aliphatic rings. The molecule has 1 heterocycles. The Balaban J connectivity index is 1.44. The molecule has 8 heteroatoms. The van der Waals surface area contributed by atoms with Gasteiger partial charge in [-0.3, -0.25) is 4.99 Å². The van der Waals surface area contributed by atoms with E-state index in [9.17, 15) is 5.11 Å². The van der Waals surface area contributed by atoms with E-state index in [0.717, 1.165) is 25.8 Å². The predicted molar refractivity (Wildman–Crippen MR) is 151 cm³/mol. The molecular weight excluding hydrogens is 539 g/mol. The quantitative estimate of drug-likeness (QED) is 0.168. The van der Waals surface area contributed by atoms with Crippen LogP contribution in [0.2, 0.25) is 15.1 Å². The van der Waals surface area contributed by atoms with Crippen LogP contribution in [0.15, 0.2) is 94.3 Å². The maximum absolute atomic E-state index is 10.2. The third-order valence-electron chi connectivity index (χ3n) is 5.26. The van der Waals surface area contributed by atoms with Gasteiger partial charge in [-0.05, 0) is 53.6 Å². The van der Waals surface area contributed by atoms with Crippen LogP contribution in [0.5, 0.6) is 5.75 Å². The molecule has 35 heavy (non-hydrogen) atoms. The molecule has 0 bridgehead atoms. The Labute approximate surface area is 226 Å². The van der Waals surface area contributed by atoms with Crippen LogP contribution < -0.4 is 0 Å². The van der Waals surface area contributed by atoms with E-state index in [2.05, 4.69) is 29.3 Å². The van der Waals surface area contributed by atoms with Gasteiger partial charge in [-0.1, -0.05) is 89.0 Å². The zero-order valence-electron chi connectivity index (χ0n) is 18.0. The van der Waals surface area contributed by atoms with Gasteiger partial charge in [-0.15, -0.1) is 11.3 Å². The molecule has 4 aromatic carbocycles. The van der Waals surface area contributed by atoms with Gasteiger partial charge in [0.25, 0.3) is 0 Å². The van der Waals surface area contributed by atoms with E-state index in [1.807, 2.05) is 48.5 Å². The number of aliphatic imine (C=N–C) groups is 1. The number of halogens is 3. The van der Waals surface area contributed by atoms with Crippen LogP contribution in [0.3, 0.4) is 0 Å². The molecule has 0 aliphatic carbocycles. The van der Waals surface area contributed by atoms with Gasteiger partial charge in [-0.25, -0.2) is 4.98 Å². The molecule has 0 radical (unpaired) electrons. The highest BCUT2D eigenvalue weighted by Gasteiger charge is 2.18. The Morgan fingerprint density at radius 2 is 1.60 bits per heavy atom. The topological polar surface area (TPSA) is 45.5 Å². The number of benzene rings is 4. The molecule has 1 atom stereocenters. The highest BCUT2D eigenvalue weighted by Crippen LogP contribution is 2.43. The summed E-state index contributed by atoms with van der Waals surface area (Å²) in [5.41, 5.74) is 4.47. The lowest BCUT2D eigenvalue weighted by molar-refractivity contribution is 0.475. The second-order valence-corrected chi connectivity index (χ2v) is 11.3. The average molecular weight is 556 g/mol. The van der Waals surface area contributed by atoms with Crippen LogP contribution in [0.4, 0.5) is 5.69 Å². The number of aromatic nitrogens is 1.